The molecule has 3 heterocycles. The van der Waals surface area contributed by atoms with Crippen molar-refractivity contribution in [2.24, 2.45) is 0 Å². The normalized spacial score (nSPS) is 13.1. The van der Waals surface area contributed by atoms with Crippen molar-refractivity contribution in [2.75, 3.05) is 39.4 Å². The standard InChI is InChI=1S/C40H36N4O4/c1-3-47-29-13-9-11-27(23-29)37-25-33(31-15-5-7-17-35(31)41-37)39(45)43-19-21-44(22-20-43)40(46)34-26-38(42-36-18-8-6-16-32(34)36)28-12-10-14-30(24-28)48-4-2/h5-18,23-26H,3-4,19-22H2,1-2H3. The number of hydrogen-bond acceptors (Lipinski definition) is 6. The summed E-state index contributed by atoms with van der Waals surface area (Å²) in [5, 5.41) is 1.60. The van der Waals surface area contributed by atoms with Gasteiger partial charge in [-0.15, -0.1) is 0 Å². The molecule has 0 radical (unpaired) electrons. The lowest BCUT2D eigenvalue weighted by molar-refractivity contribution is 0.0537. The Morgan fingerprint density at radius 3 is 1.40 bits per heavy atom. The minimum absolute atomic E-state index is 0.0752. The largest absolute Gasteiger partial charge is 0.494 e. The van der Waals surface area contributed by atoms with Crippen LogP contribution in [0.2, 0.25) is 0 Å². The van der Waals surface area contributed by atoms with Gasteiger partial charge in [0.1, 0.15) is 11.5 Å². The molecule has 0 atom stereocenters. The summed E-state index contributed by atoms with van der Waals surface area (Å²) >= 11 is 0. The van der Waals surface area contributed by atoms with E-state index in [1.807, 2.05) is 133 Å². The molecule has 0 bridgehead atoms. The molecule has 0 N–H and O–H groups in total. The van der Waals surface area contributed by atoms with Crippen LogP contribution in [0.15, 0.2) is 109 Å². The molecule has 0 unspecified atom stereocenters. The molecule has 6 aromatic rings. The molecular weight excluding hydrogens is 600 g/mol. The van der Waals surface area contributed by atoms with Gasteiger partial charge >= 0.3 is 0 Å². The first-order chi connectivity index (χ1) is 23.5. The Balaban J connectivity index is 1.14. The summed E-state index contributed by atoms with van der Waals surface area (Å²) in [4.78, 5) is 41.7. The summed E-state index contributed by atoms with van der Waals surface area (Å²) in [7, 11) is 0. The van der Waals surface area contributed by atoms with Gasteiger partial charge in [-0.2, -0.15) is 0 Å². The number of piperazine rings is 1. The average molecular weight is 637 g/mol. The Morgan fingerprint density at radius 2 is 0.979 bits per heavy atom. The highest BCUT2D eigenvalue weighted by Gasteiger charge is 2.28. The molecule has 0 saturated carbocycles. The Labute approximate surface area is 279 Å². The van der Waals surface area contributed by atoms with Crippen LogP contribution in [-0.4, -0.2) is 71.0 Å². The van der Waals surface area contributed by atoms with E-state index in [1.54, 1.807) is 0 Å². The first-order valence-electron chi connectivity index (χ1n) is 16.4. The zero-order valence-corrected chi connectivity index (χ0v) is 27.1. The van der Waals surface area contributed by atoms with E-state index in [0.717, 1.165) is 44.4 Å². The maximum Gasteiger partial charge on any atom is 0.254 e. The summed E-state index contributed by atoms with van der Waals surface area (Å²) in [6.07, 6.45) is 0. The molecule has 7 rings (SSSR count). The molecule has 0 spiro atoms. The van der Waals surface area contributed by atoms with E-state index in [9.17, 15) is 9.59 Å². The van der Waals surface area contributed by atoms with Gasteiger partial charge < -0.3 is 19.3 Å². The van der Waals surface area contributed by atoms with Crippen LogP contribution in [0.4, 0.5) is 0 Å². The average Bonchev–Trinajstić information content (AvgIpc) is 3.14. The zero-order valence-electron chi connectivity index (χ0n) is 27.1. The Hall–Kier alpha value is -5.76. The number of rotatable bonds is 8. The van der Waals surface area contributed by atoms with Crippen molar-refractivity contribution in [1.82, 2.24) is 19.8 Å². The van der Waals surface area contributed by atoms with Crippen LogP contribution in [0.5, 0.6) is 11.5 Å². The summed E-state index contributed by atoms with van der Waals surface area (Å²) < 4.78 is 11.4. The summed E-state index contributed by atoms with van der Waals surface area (Å²) in [6, 6.07) is 34.7. The monoisotopic (exact) mass is 636 g/mol. The lowest BCUT2D eigenvalue weighted by atomic mass is 10.0. The van der Waals surface area contributed by atoms with Gasteiger partial charge in [0, 0.05) is 48.1 Å². The molecule has 240 valence electrons. The van der Waals surface area contributed by atoms with Gasteiger partial charge in [0.15, 0.2) is 0 Å². The number of ether oxygens (including phenoxy) is 2. The molecule has 1 saturated heterocycles. The Morgan fingerprint density at radius 1 is 0.562 bits per heavy atom. The van der Waals surface area contributed by atoms with Crippen molar-refractivity contribution in [3.63, 3.8) is 0 Å². The second kappa shape index (κ2) is 13.5. The van der Waals surface area contributed by atoms with Crippen molar-refractivity contribution in [2.45, 2.75) is 13.8 Å². The van der Waals surface area contributed by atoms with Crippen LogP contribution in [0.1, 0.15) is 34.6 Å². The summed E-state index contributed by atoms with van der Waals surface area (Å²) in [5.41, 5.74) is 5.86. The third kappa shape index (κ3) is 6.17. The zero-order chi connectivity index (χ0) is 33.0. The number of carbonyl (C=O) groups is 2. The van der Waals surface area contributed by atoms with Crippen LogP contribution in [0.3, 0.4) is 0 Å². The first-order valence-corrected chi connectivity index (χ1v) is 16.4. The maximum absolute atomic E-state index is 14.1. The van der Waals surface area contributed by atoms with Crippen LogP contribution in [0.25, 0.3) is 44.3 Å². The quantitative estimate of drug-likeness (QED) is 0.172. The number of amides is 2. The van der Waals surface area contributed by atoms with Crippen LogP contribution < -0.4 is 9.47 Å². The van der Waals surface area contributed by atoms with Crippen molar-refractivity contribution < 1.29 is 19.1 Å². The molecule has 0 aliphatic carbocycles. The molecule has 2 aromatic heterocycles. The molecule has 8 nitrogen and oxygen atoms in total. The molecule has 1 aliphatic rings. The van der Waals surface area contributed by atoms with E-state index >= 15 is 0 Å². The number of fused-ring (bicyclic) bond motifs is 2. The molecule has 48 heavy (non-hydrogen) atoms. The Bertz CT molecular complexity index is 1990. The van der Waals surface area contributed by atoms with E-state index < -0.39 is 0 Å². The summed E-state index contributed by atoms with van der Waals surface area (Å²) in [5.74, 6) is 1.36. The molecule has 2 amide bonds. The fourth-order valence-corrected chi connectivity index (χ4v) is 6.28. The van der Waals surface area contributed by atoms with Gasteiger partial charge in [0.05, 0.1) is 46.8 Å². The second-order valence-electron chi connectivity index (χ2n) is 11.7. The van der Waals surface area contributed by atoms with E-state index in [0.29, 0.717) is 61.9 Å². The minimum Gasteiger partial charge on any atom is -0.494 e. The second-order valence-corrected chi connectivity index (χ2v) is 11.7. The smallest absolute Gasteiger partial charge is 0.254 e. The number of para-hydroxylation sites is 2. The number of pyridine rings is 2. The fraction of sp³-hybridized carbons (Fsp3) is 0.200. The molecule has 1 fully saturated rings. The lowest BCUT2D eigenvalue weighted by Gasteiger charge is -2.35. The van der Waals surface area contributed by atoms with Crippen molar-refractivity contribution >= 4 is 33.6 Å². The third-order valence-electron chi connectivity index (χ3n) is 8.63. The van der Waals surface area contributed by atoms with Gasteiger partial charge in [-0.25, -0.2) is 9.97 Å². The van der Waals surface area contributed by atoms with Gasteiger partial charge in [0.2, 0.25) is 0 Å². The third-order valence-corrected chi connectivity index (χ3v) is 8.63. The van der Waals surface area contributed by atoms with Crippen molar-refractivity contribution in [3.05, 3.63) is 120 Å². The van der Waals surface area contributed by atoms with Crippen LogP contribution in [-0.2, 0) is 0 Å². The Kier molecular flexibility index (Phi) is 8.71. The topological polar surface area (TPSA) is 84.9 Å². The molecule has 4 aromatic carbocycles. The SMILES string of the molecule is CCOc1cccc(-c2cc(C(=O)N3CCN(C(=O)c4cc(-c5cccc(OCC)c5)nc5ccccc45)CC3)c3ccccc3n2)c1. The highest BCUT2D eigenvalue weighted by molar-refractivity contribution is 6.08. The van der Waals surface area contributed by atoms with E-state index in [2.05, 4.69) is 0 Å². The van der Waals surface area contributed by atoms with Crippen molar-refractivity contribution in [3.8, 4) is 34.0 Å². The van der Waals surface area contributed by atoms with Gasteiger partial charge in [-0.05, 0) is 62.4 Å². The highest BCUT2D eigenvalue weighted by atomic mass is 16.5. The van der Waals surface area contributed by atoms with Gasteiger partial charge in [0.25, 0.3) is 11.8 Å². The lowest BCUT2D eigenvalue weighted by Crippen LogP contribution is -2.50. The molecule has 8 heteroatoms. The van der Waals surface area contributed by atoms with Gasteiger partial charge in [-0.1, -0.05) is 60.7 Å². The summed E-state index contributed by atoms with van der Waals surface area (Å²) in [6.45, 7) is 6.70. The number of nitrogens with zero attached hydrogens (tertiary/aromatic N) is 4. The number of benzene rings is 4. The van der Waals surface area contributed by atoms with E-state index in [4.69, 9.17) is 19.4 Å². The number of hydrogen-bond donors (Lipinski definition) is 0. The van der Waals surface area contributed by atoms with Crippen LogP contribution in [0, 0.1) is 0 Å². The maximum atomic E-state index is 14.1. The molecule has 1 aliphatic heterocycles. The van der Waals surface area contributed by atoms with Crippen LogP contribution >= 0.6 is 0 Å². The van der Waals surface area contributed by atoms with Gasteiger partial charge in [-0.3, -0.25) is 9.59 Å². The predicted molar refractivity (Wildman–Crippen MR) is 189 cm³/mol. The van der Waals surface area contributed by atoms with E-state index in [-0.39, 0.29) is 11.8 Å². The molecular formula is C40H36N4O4. The number of aromatic nitrogens is 2. The number of carbonyl (C=O) groups excluding carboxylic acids is 2. The van der Waals surface area contributed by atoms with E-state index in [1.165, 1.54) is 0 Å². The highest BCUT2D eigenvalue weighted by Crippen LogP contribution is 2.30. The predicted octanol–water partition coefficient (Wildman–Crippen LogP) is 7.51. The first kappa shape index (κ1) is 30.9. The minimum atomic E-state index is -0.0752. The fourth-order valence-electron chi connectivity index (χ4n) is 6.28. The van der Waals surface area contributed by atoms with Crippen molar-refractivity contribution in [1.29, 1.82) is 0 Å².